The van der Waals surface area contributed by atoms with E-state index in [2.05, 4.69) is 0 Å². The van der Waals surface area contributed by atoms with Crippen molar-refractivity contribution in [2.45, 2.75) is 11.2 Å². The second-order valence-corrected chi connectivity index (χ2v) is 8.09. The average Bonchev–Trinajstić information content (AvgIpc) is 3.24. The van der Waals surface area contributed by atoms with Gasteiger partial charge in [0.2, 0.25) is 10.0 Å². The van der Waals surface area contributed by atoms with Gasteiger partial charge in [0.15, 0.2) is 0 Å². The molecule has 0 spiro atoms. The van der Waals surface area contributed by atoms with Gasteiger partial charge in [0.05, 0.1) is 10.6 Å². The van der Waals surface area contributed by atoms with E-state index in [-0.39, 0.29) is 11.6 Å². The second kappa shape index (κ2) is 4.55. The zero-order valence-electron chi connectivity index (χ0n) is 12.1. The predicted octanol–water partition coefficient (Wildman–Crippen LogP) is 2.66. The van der Waals surface area contributed by atoms with Crippen LogP contribution < -0.4 is 4.31 Å². The zero-order valence-corrected chi connectivity index (χ0v) is 12.9. The number of nitro benzene ring substituents is 1. The van der Waals surface area contributed by atoms with E-state index in [1.54, 1.807) is 0 Å². The molecule has 2 fully saturated rings. The summed E-state index contributed by atoms with van der Waals surface area (Å²) in [5.74, 6) is 0.0742. The standard InChI is InChI=1S/C16H14N2O4S/c19-18(20)15-8-6-14(7-9-15)17-11-13-10-16(13,23(17,21)22)12-4-2-1-3-5-12/h1-9,13H,10-11H2. The summed E-state index contributed by atoms with van der Waals surface area (Å²) in [6, 6.07) is 15.0. The van der Waals surface area contributed by atoms with E-state index in [4.69, 9.17) is 0 Å². The number of nitro groups is 1. The Morgan fingerprint density at radius 1 is 1.09 bits per heavy atom. The third kappa shape index (κ3) is 1.83. The molecular formula is C16H14N2O4S. The molecule has 1 aliphatic heterocycles. The number of nitrogens with zero attached hydrogens (tertiary/aromatic N) is 2. The third-order valence-electron chi connectivity index (χ3n) is 4.80. The molecule has 0 N–H and O–H groups in total. The van der Waals surface area contributed by atoms with Gasteiger partial charge in [0.25, 0.3) is 5.69 Å². The molecule has 118 valence electrons. The molecule has 4 rings (SSSR count). The molecular weight excluding hydrogens is 316 g/mol. The fraction of sp³-hybridized carbons (Fsp3) is 0.250. The summed E-state index contributed by atoms with van der Waals surface area (Å²) < 4.78 is 26.7. The maximum atomic E-state index is 13.1. The molecule has 7 heteroatoms. The number of hydrogen-bond acceptors (Lipinski definition) is 4. The molecule has 0 amide bonds. The van der Waals surface area contributed by atoms with Crippen LogP contribution in [-0.4, -0.2) is 19.9 Å². The maximum absolute atomic E-state index is 13.1. The number of non-ortho nitro benzene ring substituents is 1. The monoisotopic (exact) mass is 330 g/mol. The summed E-state index contributed by atoms with van der Waals surface area (Å²) in [6.45, 7) is 0.426. The molecule has 6 nitrogen and oxygen atoms in total. The zero-order chi connectivity index (χ0) is 16.2. The molecule has 1 saturated carbocycles. The van der Waals surface area contributed by atoms with E-state index in [0.717, 1.165) is 5.56 Å². The fourth-order valence-corrected chi connectivity index (χ4v) is 6.05. The summed E-state index contributed by atoms with van der Waals surface area (Å²) in [6.07, 6.45) is 0.642. The van der Waals surface area contributed by atoms with Gasteiger partial charge >= 0.3 is 0 Å². The Labute approximate surface area is 133 Å². The van der Waals surface area contributed by atoms with Crippen molar-refractivity contribution in [3.63, 3.8) is 0 Å². The number of sulfonamides is 1. The molecule has 2 aliphatic rings. The topological polar surface area (TPSA) is 80.5 Å². The molecule has 2 aromatic rings. The first-order chi connectivity index (χ1) is 11.0. The van der Waals surface area contributed by atoms with Crippen LogP contribution in [0.25, 0.3) is 0 Å². The molecule has 2 atom stereocenters. The number of hydrogen-bond donors (Lipinski definition) is 0. The second-order valence-electron chi connectivity index (χ2n) is 5.97. The molecule has 2 unspecified atom stereocenters. The van der Waals surface area contributed by atoms with Crippen LogP contribution in [0.2, 0.25) is 0 Å². The van der Waals surface area contributed by atoms with Crippen LogP contribution in [0.15, 0.2) is 54.6 Å². The molecule has 23 heavy (non-hydrogen) atoms. The van der Waals surface area contributed by atoms with Crippen LogP contribution in [0.5, 0.6) is 0 Å². The summed E-state index contributed by atoms with van der Waals surface area (Å²) in [5.41, 5.74) is 1.26. The van der Waals surface area contributed by atoms with Gasteiger partial charge in [-0.2, -0.15) is 0 Å². The van der Waals surface area contributed by atoms with Crippen molar-refractivity contribution in [1.29, 1.82) is 0 Å². The molecule has 1 aliphatic carbocycles. The predicted molar refractivity (Wildman–Crippen MR) is 85.6 cm³/mol. The largest absolute Gasteiger partial charge is 0.269 e. The Morgan fingerprint density at radius 3 is 2.35 bits per heavy atom. The van der Waals surface area contributed by atoms with Crippen LogP contribution in [0, 0.1) is 16.0 Å². The molecule has 1 saturated heterocycles. The van der Waals surface area contributed by atoms with E-state index in [9.17, 15) is 18.5 Å². The first-order valence-corrected chi connectivity index (χ1v) is 8.73. The van der Waals surface area contributed by atoms with E-state index in [1.807, 2.05) is 30.3 Å². The van der Waals surface area contributed by atoms with Crippen molar-refractivity contribution in [3.8, 4) is 0 Å². The number of fused-ring (bicyclic) bond motifs is 1. The van der Waals surface area contributed by atoms with E-state index in [1.165, 1.54) is 28.6 Å². The van der Waals surface area contributed by atoms with Gasteiger partial charge in [-0.25, -0.2) is 8.42 Å². The number of benzene rings is 2. The Balaban J connectivity index is 1.73. The average molecular weight is 330 g/mol. The highest BCUT2D eigenvalue weighted by atomic mass is 32.2. The van der Waals surface area contributed by atoms with Gasteiger partial charge < -0.3 is 0 Å². The normalized spacial score (nSPS) is 27.5. The van der Waals surface area contributed by atoms with Gasteiger partial charge in [-0.15, -0.1) is 0 Å². The van der Waals surface area contributed by atoms with Crippen molar-refractivity contribution in [3.05, 3.63) is 70.3 Å². The summed E-state index contributed by atoms with van der Waals surface area (Å²) in [5, 5.41) is 10.7. The molecule has 0 aromatic heterocycles. The Bertz CT molecular complexity index is 880. The number of anilines is 1. The van der Waals surface area contributed by atoms with Gasteiger partial charge in [-0.1, -0.05) is 30.3 Å². The lowest BCUT2D eigenvalue weighted by Gasteiger charge is -2.23. The Morgan fingerprint density at radius 2 is 1.74 bits per heavy atom. The smallest absolute Gasteiger partial charge is 0.269 e. The third-order valence-corrected chi connectivity index (χ3v) is 7.39. The minimum Gasteiger partial charge on any atom is -0.269 e. The van der Waals surface area contributed by atoms with E-state index >= 15 is 0 Å². The van der Waals surface area contributed by atoms with E-state index < -0.39 is 19.7 Å². The van der Waals surface area contributed by atoms with Gasteiger partial charge in [0.1, 0.15) is 4.75 Å². The lowest BCUT2D eigenvalue weighted by atomic mass is 10.1. The fourth-order valence-electron chi connectivity index (χ4n) is 3.54. The minimum atomic E-state index is -3.53. The summed E-state index contributed by atoms with van der Waals surface area (Å²) in [4.78, 5) is 10.2. The lowest BCUT2D eigenvalue weighted by molar-refractivity contribution is -0.384. The first-order valence-electron chi connectivity index (χ1n) is 7.29. The van der Waals surface area contributed by atoms with Crippen LogP contribution in [0.3, 0.4) is 0 Å². The van der Waals surface area contributed by atoms with Crippen molar-refractivity contribution in [2.75, 3.05) is 10.8 Å². The highest BCUT2D eigenvalue weighted by Gasteiger charge is 2.71. The van der Waals surface area contributed by atoms with Crippen molar-refractivity contribution in [2.24, 2.45) is 5.92 Å². The van der Waals surface area contributed by atoms with Gasteiger partial charge in [-0.3, -0.25) is 14.4 Å². The van der Waals surface area contributed by atoms with E-state index in [0.29, 0.717) is 18.7 Å². The van der Waals surface area contributed by atoms with Crippen molar-refractivity contribution >= 4 is 21.4 Å². The highest BCUT2D eigenvalue weighted by molar-refractivity contribution is 7.94. The summed E-state index contributed by atoms with van der Waals surface area (Å²) >= 11 is 0. The Hall–Kier alpha value is -2.41. The SMILES string of the molecule is O=[N+]([O-])c1ccc(N2CC3CC3(c3ccccc3)S2(=O)=O)cc1. The maximum Gasteiger partial charge on any atom is 0.269 e. The minimum absolute atomic E-state index is 0.0479. The molecule has 0 bridgehead atoms. The van der Waals surface area contributed by atoms with Crippen LogP contribution in [0.4, 0.5) is 11.4 Å². The number of rotatable bonds is 3. The summed E-state index contributed by atoms with van der Waals surface area (Å²) in [7, 11) is -3.53. The van der Waals surface area contributed by atoms with Gasteiger partial charge in [0, 0.05) is 24.6 Å². The van der Waals surface area contributed by atoms with Crippen LogP contribution in [0.1, 0.15) is 12.0 Å². The van der Waals surface area contributed by atoms with Crippen LogP contribution in [-0.2, 0) is 14.8 Å². The molecule has 1 heterocycles. The Kier molecular flexibility index (Phi) is 2.81. The molecule has 0 radical (unpaired) electrons. The van der Waals surface area contributed by atoms with Crippen LogP contribution >= 0.6 is 0 Å². The quantitative estimate of drug-likeness (QED) is 0.640. The highest BCUT2D eigenvalue weighted by Crippen LogP contribution is 2.64. The first kappa shape index (κ1) is 14.2. The lowest BCUT2D eigenvalue weighted by Crippen LogP contribution is -2.33. The molecule has 2 aromatic carbocycles. The van der Waals surface area contributed by atoms with Gasteiger partial charge in [-0.05, 0) is 24.1 Å². The van der Waals surface area contributed by atoms with Crippen molar-refractivity contribution < 1.29 is 13.3 Å². The van der Waals surface area contributed by atoms with Crippen molar-refractivity contribution in [1.82, 2.24) is 0 Å².